The molecular weight excluding hydrogens is 337 g/mol. The van der Waals surface area contributed by atoms with Gasteiger partial charge in [-0.15, -0.1) is 34.2 Å². The van der Waals surface area contributed by atoms with Gasteiger partial charge in [-0.1, -0.05) is 18.3 Å². The molecule has 0 aliphatic carbocycles. The second kappa shape index (κ2) is 7.00. The lowest BCUT2D eigenvalue weighted by atomic mass is 10.4. The predicted molar refractivity (Wildman–Crippen MR) is 76.5 cm³/mol. The average molecular weight is 353 g/mol. The number of nitrogens with one attached hydrogen (secondary N) is 2. The van der Waals surface area contributed by atoms with E-state index in [2.05, 4.69) is 32.7 Å². The van der Waals surface area contributed by atoms with Crippen LogP contribution in [0.2, 0.25) is 0 Å². The van der Waals surface area contributed by atoms with Crippen molar-refractivity contribution >= 4 is 41.3 Å². The molecule has 1 aliphatic rings. The number of nitrogens with zero attached hydrogens (tertiary/aromatic N) is 3. The zero-order valence-electron chi connectivity index (χ0n) is 9.19. The molecule has 0 radical (unpaired) electrons. The fourth-order valence-electron chi connectivity index (χ4n) is 1.31. The largest absolute Gasteiger partial charge is 0.356 e. The lowest BCUT2D eigenvalue weighted by molar-refractivity contribution is 0.699. The molecule has 2 N–H and O–H groups in total. The van der Waals surface area contributed by atoms with E-state index in [4.69, 9.17) is 0 Å². The molecule has 0 spiro atoms. The third-order valence-electron chi connectivity index (χ3n) is 2.12. The highest BCUT2D eigenvalue weighted by molar-refractivity contribution is 14.0. The molecule has 2 rings (SSSR count). The lowest BCUT2D eigenvalue weighted by Crippen LogP contribution is -2.40. The second-order valence-electron chi connectivity index (χ2n) is 3.31. The van der Waals surface area contributed by atoms with Crippen molar-refractivity contribution in [3.8, 4) is 0 Å². The summed E-state index contributed by atoms with van der Waals surface area (Å²) in [5.41, 5.74) is 0. The molecule has 16 heavy (non-hydrogen) atoms. The van der Waals surface area contributed by atoms with Crippen LogP contribution in [0.1, 0.15) is 23.4 Å². The highest BCUT2D eigenvalue weighted by atomic mass is 127. The lowest BCUT2D eigenvalue weighted by Gasteiger charge is -2.14. The van der Waals surface area contributed by atoms with Crippen LogP contribution in [0.5, 0.6) is 0 Å². The van der Waals surface area contributed by atoms with Gasteiger partial charge in [-0.05, 0) is 12.8 Å². The topological polar surface area (TPSA) is 62.2 Å². The summed E-state index contributed by atoms with van der Waals surface area (Å²) in [5.74, 6) is 0.884. The maximum absolute atomic E-state index is 4.32. The normalized spacial score (nSPS) is 14.7. The Morgan fingerprint density at radius 3 is 2.81 bits per heavy atom. The first kappa shape index (κ1) is 13.6. The highest BCUT2D eigenvalue weighted by Crippen LogP contribution is 2.09. The molecule has 1 aromatic heterocycles. The third kappa shape index (κ3) is 3.85. The smallest absolute Gasteiger partial charge is 0.191 e. The fourth-order valence-corrected chi connectivity index (χ4v) is 2.04. The summed E-state index contributed by atoms with van der Waals surface area (Å²) in [5, 5.41) is 16.7. The van der Waals surface area contributed by atoms with Crippen molar-refractivity contribution in [2.75, 3.05) is 13.1 Å². The molecule has 1 aliphatic heterocycles. The second-order valence-corrected chi connectivity index (χ2v) is 4.45. The zero-order chi connectivity index (χ0) is 10.5. The maximum Gasteiger partial charge on any atom is 0.191 e. The Morgan fingerprint density at radius 1 is 1.38 bits per heavy atom. The first-order chi connectivity index (χ1) is 7.38. The van der Waals surface area contributed by atoms with Crippen molar-refractivity contribution in [3.05, 3.63) is 10.0 Å². The third-order valence-corrected chi connectivity index (χ3v) is 3.18. The van der Waals surface area contributed by atoms with Gasteiger partial charge in [0.1, 0.15) is 10.0 Å². The van der Waals surface area contributed by atoms with Crippen molar-refractivity contribution in [1.29, 1.82) is 0 Å². The summed E-state index contributed by atoms with van der Waals surface area (Å²) >= 11 is 1.65. The minimum atomic E-state index is 0. The van der Waals surface area contributed by atoms with Gasteiger partial charge < -0.3 is 10.6 Å². The van der Waals surface area contributed by atoms with Crippen molar-refractivity contribution in [2.45, 2.75) is 26.3 Å². The number of guanidine groups is 1. The van der Waals surface area contributed by atoms with E-state index in [0.29, 0.717) is 6.54 Å². The summed E-state index contributed by atoms with van der Waals surface area (Å²) in [6.45, 7) is 4.71. The molecule has 5 nitrogen and oxygen atoms in total. The molecule has 7 heteroatoms. The van der Waals surface area contributed by atoms with Crippen molar-refractivity contribution in [3.63, 3.8) is 0 Å². The van der Waals surface area contributed by atoms with Crippen LogP contribution in [0.15, 0.2) is 4.99 Å². The number of aromatic nitrogens is 2. The van der Waals surface area contributed by atoms with E-state index in [1.165, 1.54) is 0 Å². The summed E-state index contributed by atoms with van der Waals surface area (Å²) in [6.07, 6.45) is 2.07. The van der Waals surface area contributed by atoms with E-state index in [-0.39, 0.29) is 24.0 Å². The quantitative estimate of drug-likeness (QED) is 0.801. The van der Waals surface area contributed by atoms with Crippen LogP contribution in [0.3, 0.4) is 0 Å². The van der Waals surface area contributed by atoms with Crippen molar-refractivity contribution in [2.24, 2.45) is 4.99 Å². The Balaban J connectivity index is 0.00000128. The van der Waals surface area contributed by atoms with Gasteiger partial charge in [0.15, 0.2) is 5.96 Å². The molecule has 0 bridgehead atoms. The van der Waals surface area contributed by atoms with Gasteiger partial charge in [0.25, 0.3) is 0 Å². The molecule has 0 fully saturated rings. The Bertz CT molecular complexity index is 351. The highest BCUT2D eigenvalue weighted by Gasteiger charge is 2.05. The molecule has 2 heterocycles. The minimum Gasteiger partial charge on any atom is -0.356 e. The van der Waals surface area contributed by atoms with Crippen LogP contribution in [-0.2, 0) is 13.0 Å². The van der Waals surface area contributed by atoms with Gasteiger partial charge in [0, 0.05) is 13.1 Å². The molecule has 0 unspecified atom stereocenters. The van der Waals surface area contributed by atoms with E-state index in [1.54, 1.807) is 11.3 Å². The van der Waals surface area contributed by atoms with Gasteiger partial charge in [0.2, 0.25) is 0 Å². The maximum atomic E-state index is 4.32. The number of halogens is 1. The van der Waals surface area contributed by atoms with Crippen LogP contribution in [-0.4, -0.2) is 29.2 Å². The molecular formula is C9H16IN5S. The average Bonchev–Trinajstić information content (AvgIpc) is 2.76. The molecule has 0 saturated heterocycles. The van der Waals surface area contributed by atoms with Crippen LogP contribution < -0.4 is 10.6 Å². The zero-order valence-corrected chi connectivity index (χ0v) is 12.3. The van der Waals surface area contributed by atoms with Crippen LogP contribution in [0.25, 0.3) is 0 Å². The number of hydrogen-bond donors (Lipinski definition) is 2. The van der Waals surface area contributed by atoms with E-state index < -0.39 is 0 Å². The minimum absolute atomic E-state index is 0. The number of aliphatic imine (C=N–C) groups is 1. The number of rotatable bonds is 3. The van der Waals surface area contributed by atoms with Gasteiger partial charge in [-0.3, -0.25) is 4.99 Å². The van der Waals surface area contributed by atoms with Crippen LogP contribution >= 0.6 is 35.3 Å². The first-order valence-corrected chi connectivity index (χ1v) is 6.03. The summed E-state index contributed by atoms with van der Waals surface area (Å²) in [7, 11) is 0. The van der Waals surface area contributed by atoms with E-state index in [0.717, 1.165) is 41.9 Å². The Hall–Kier alpha value is -0.440. The van der Waals surface area contributed by atoms with Crippen molar-refractivity contribution < 1.29 is 0 Å². The molecule has 0 atom stereocenters. The van der Waals surface area contributed by atoms with E-state index >= 15 is 0 Å². The van der Waals surface area contributed by atoms with E-state index in [9.17, 15) is 0 Å². The molecule has 0 saturated carbocycles. The Morgan fingerprint density at radius 2 is 2.19 bits per heavy atom. The van der Waals surface area contributed by atoms with Crippen LogP contribution in [0.4, 0.5) is 0 Å². The Labute approximate surface area is 116 Å². The number of hydrogen-bond acceptors (Lipinski definition) is 6. The van der Waals surface area contributed by atoms with Gasteiger partial charge >= 0.3 is 0 Å². The molecule has 0 aromatic carbocycles. The molecule has 90 valence electrons. The standard InChI is InChI=1S/C9H15N5S.HI/c1-2-7-13-14-8(15-7)6-12-9-10-4-3-5-11-9;/h2-6H2,1H3,(H2,10,11,12);1H. The van der Waals surface area contributed by atoms with Crippen LogP contribution in [0, 0.1) is 0 Å². The first-order valence-electron chi connectivity index (χ1n) is 5.22. The van der Waals surface area contributed by atoms with Crippen molar-refractivity contribution in [1.82, 2.24) is 20.8 Å². The van der Waals surface area contributed by atoms with Gasteiger partial charge in [-0.2, -0.15) is 0 Å². The Kier molecular flexibility index (Phi) is 5.96. The summed E-state index contributed by atoms with van der Waals surface area (Å²) in [6, 6.07) is 0. The predicted octanol–water partition coefficient (Wildman–Crippen LogP) is 1.16. The number of aryl methyl sites for hydroxylation is 1. The fraction of sp³-hybridized carbons (Fsp3) is 0.667. The van der Waals surface area contributed by atoms with Gasteiger partial charge in [0.05, 0.1) is 6.54 Å². The monoisotopic (exact) mass is 353 g/mol. The molecule has 1 aromatic rings. The summed E-state index contributed by atoms with van der Waals surface area (Å²) < 4.78 is 0. The molecule has 0 amide bonds. The summed E-state index contributed by atoms with van der Waals surface area (Å²) in [4.78, 5) is 4.32. The van der Waals surface area contributed by atoms with Gasteiger partial charge in [-0.25, -0.2) is 0 Å². The SMILES string of the molecule is CCc1nnc(CNC2=NCCCN2)s1.I. The van der Waals surface area contributed by atoms with E-state index in [1.807, 2.05) is 0 Å².